The van der Waals surface area contributed by atoms with Gasteiger partial charge in [0.2, 0.25) is 0 Å². The van der Waals surface area contributed by atoms with E-state index in [1.165, 1.54) is 11.8 Å². The van der Waals surface area contributed by atoms with Gasteiger partial charge < -0.3 is 10.4 Å². The lowest BCUT2D eigenvalue weighted by Gasteiger charge is -2.14. The summed E-state index contributed by atoms with van der Waals surface area (Å²) >= 11 is 3.20. The number of carbonyl (C=O) groups is 1. The molecule has 0 saturated heterocycles. The predicted molar refractivity (Wildman–Crippen MR) is 76.6 cm³/mol. The lowest BCUT2D eigenvalue weighted by Crippen LogP contribution is -2.15. The molecule has 3 nitrogen and oxygen atoms in total. The summed E-state index contributed by atoms with van der Waals surface area (Å²) in [5, 5.41) is 12.9. The van der Waals surface area contributed by atoms with Gasteiger partial charge >= 0.3 is 5.97 Å². The first-order valence-corrected chi connectivity index (χ1v) is 7.78. The van der Waals surface area contributed by atoms with Crippen LogP contribution in [0.1, 0.15) is 17.3 Å². The molecule has 0 aromatic heterocycles. The van der Waals surface area contributed by atoms with Crippen molar-refractivity contribution in [3.63, 3.8) is 0 Å². The van der Waals surface area contributed by atoms with E-state index in [4.69, 9.17) is 0 Å². The minimum atomic E-state index is -0.880. The highest BCUT2D eigenvalue weighted by Crippen LogP contribution is 2.27. The Hall–Kier alpha value is -0.810. The van der Waals surface area contributed by atoms with Gasteiger partial charge in [-0.25, -0.2) is 4.79 Å². The van der Waals surface area contributed by atoms with Crippen LogP contribution in [0, 0.1) is 0 Å². The van der Waals surface area contributed by atoms with Gasteiger partial charge in [-0.05, 0) is 24.6 Å². The molecule has 1 aromatic carbocycles. The van der Waals surface area contributed by atoms with Crippen LogP contribution in [0.4, 0.5) is 5.69 Å². The maximum Gasteiger partial charge on any atom is 0.338 e. The second-order valence-electron chi connectivity index (χ2n) is 3.62. The average molecular weight is 271 g/mol. The Morgan fingerprint density at radius 3 is 2.71 bits per heavy atom. The highest BCUT2D eigenvalue weighted by atomic mass is 32.2. The Morgan fingerprint density at radius 2 is 2.18 bits per heavy atom. The van der Waals surface area contributed by atoms with Crippen LogP contribution < -0.4 is 5.32 Å². The van der Waals surface area contributed by atoms with E-state index in [1.54, 1.807) is 11.8 Å². The summed E-state index contributed by atoms with van der Waals surface area (Å²) in [4.78, 5) is 12.0. The molecule has 0 aliphatic carbocycles. The molecule has 0 saturated carbocycles. The first-order chi connectivity index (χ1) is 8.10. The summed E-state index contributed by atoms with van der Waals surface area (Å²) in [6, 6.07) is 5.53. The van der Waals surface area contributed by atoms with Crippen molar-refractivity contribution in [2.24, 2.45) is 0 Å². The second kappa shape index (κ2) is 6.81. The standard InChI is InChI=1S/C12H17NO2S2/c1-8(16-2)7-13-9-5-4-6-10(17-3)11(9)12(14)15/h4-6,8,13H,7H2,1-3H3,(H,14,15). The zero-order chi connectivity index (χ0) is 12.8. The molecular weight excluding hydrogens is 254 g/mol. The van der Waals surface area contributed by atoms with Crippen molar-refractivity contribution in [2.75, 3.05) is 24.4 Å². The largest absolute Gasteiger partial charge is 0.478 e. The summed E-state index contributed by atoms with van der Waals surface area (Å²) in [6.45, 7) is 2.87. The topological polar surface area (TPSA) is 49.3 Å². The number of hydrogen-bond donors (Lipinski definition) is 2. The third-order valence-electron chi connectivity index (χ3n) is 2.44. The SMILES string of the molecule is CSc1cccc(NCC(C)SC)c1C(=O)O. The molecule has 1 atom stereocenters. The van der Waals surface area contributed by atoms with Gasteiger partial charge in [-0.15, -0.1) is 11.8 Å². The molecule has 0 bridgehead atoms. The highest BCUT2D eigenvalue weighted by Gasteiger charge is 2.15. The van der Waals surface area contributed by atoms with Crippen LogP contribution in [0.3, 0.4) is 0 Å². The minimum absolute atomic E-state index is 0.369. The molecule has 0 amide bonds. The molecule has 1 aromatic rings. The Morgan fingerprint density at radius 1 is 1.47 bits per heavy atom. The first kappa shape index (κ1) is 14.3. The number of nitrogens with one attached hydrogen (secondary N) is 1. The van der Waals surface area contributed by atoms with Crippen LogP contribution in [-0.2, 0) is 0 Å². The van der Waals surface area contributed by atoms with Crippen molar-refractivity contribution in [1.82, 2.24) is 0 Å². The Labute approximate surface area is 110 Å². The first-order valence-electron chi connectivity index (χ1n) is 5.27. The monoisotopic (exact) mass is 271 g/mol. The molecule has 2 N–H and O–H groups in total. The van der Waals surface area contributed by atoms with Crippen LogP contribution in [0.25, 0.3) is 0 Å². The molecule has 1 unspecified atom stereocenters. The van der Waals surface area contributed by atoms with Gasteiger partial charge in [0.1, 0.15) is 0 Å². The van der Waals surface area contributed by atoms with Crippen LogP contribution in [0.5, 0.6) is 0 Å². The van der Waals surface area contributed by atoms with Crippen molar-refractivity contribution < 1.29 is 9.90 Å². The van der Waals surface area contributed by atoms with Gasteiger partial charge in [0.15, 0.2) is 0 Å². The fourth-order valence-corrected chi connectivity index (χ4v) is 2.27. The van der Waals surface area contributed by atoms with Crippen LogP contribution >= 0.6 is 23.5 Å². The normalized spacial score (nSPS) is 12.2. The number of aromatic carboxylic acids is 1. The number of anilines is 1. The number of benzene rings is 1. The van der Waals surface area contributed by atoms with Crippen LogP contribution in [-0.4, -0.2) is 35.4 Å². The molecule has 17 heavy (non-hydrogen) atoms. The highest BCUT2D eigenvalue weighted by molar-refractivity contribution is 7.99. The molecule has 0 spiro atoms. The maximum absolute atomic E-state index is 11.3. The summed E-state index contributed by atoms with van der Waals surface area (Å²) in [5.41, 5.74) is 1.07. The van der Waals surface area contributed by atoms with Crippen LogP contribution in [0.15, 0.2) is 23.1 Å². The summed E-state index contributed by atoms with van der Waals surface area (Å²) in [6.07, 6.45) is 3.93. The van der Waals surface area contributed by atoms with Crippen molar-refractivity contribution in [2.45, 2.75) is 17.1 Å². The Kier molecular flexibility index (Phi) is 5.71. The molecule has 0 radical (unpaired) electrons. The van der Waals surface area contributed by atoms with E-state index in [1.807, 2.05) is 30.7 Å². The Bertz CT molecular complexity index is 396. The average Bonchev–Trinajstić information content (AvgIpc) is 2.34. The smallest absolute Gasteiger partial charge is 0.338 e. The lowest BCUT2D eigenvalue weighted by molar-refractivity contribution is 0.0694. The maximum atomic E-state index is 11.3. The van der Waals surface area contributed by atoms with Gasteiger partial charge in [-0.2, -0.15) is 11.8 Å². The number of hydrogen-bond acceptors (Lipinski definition) is 4. The molecule has 1 rings (SSSR count). The molecule has 0 heterocycles. The van der Waals surface area contributed by atoms with Crippen LogP contribution in [0.2, 0.25) is 0 Å². The third-order valence-corrected chi connectivity index (χ3v) is 4.19. The molecule has 0 aliphatic heterocycles. The number of rotatable bonds is 6. The molecule has 0 aliphatic rings. The van der Waals surface area contributed by atoms with Crippen molar-refractivity contribution in [3.8, 4) is 0 Å². The molecular formula is C12H17NO2S2. The fraction of sp³-hybridized carbons (Fsp3) is 0.417. The van der Waals surface area contributed by atoms with Gasteiger partial charge in [-0.1, -0.05) is 13.0 Å². The Balaban J connectivity index is 2.94. The number of carboxylic acid groups (broad SMARTS) is 1. The van der Waals surface area contributed by atoms with E-state index in [9.17, 15) is 9.90 Å². The molecule has 0 fully saturated rings. The van der Waals surface area contributed by atoms with Gasteiger partial charge in [0.25, 0.3) is 0 Å². The second-order valence-corrected chi connectivity index (χ2v) is 5.74. The quantitative estimate of drug-likeness (QED) is 0.778. The minimum Gasteiger partial charge on any atom is -0.478 e. The summed E-state index contributed by atoms with van der Waals surface area (Å²) < 4.78 is 0. The number of thioether (sulfide) groups is 2. The van der Waals surface area contributed by atoms with E-state index >= 15 is 0 Å². The van der Waals surface area contributed by atoms with Crippen molar-refractivity contribution in [3.05, 3.63) is 23.8 Å². The fourth-order valence-electron chi connectivity index (χ4n) is 1.41. The van der Waals surface area contributed by atoms with Gasteiger partial charge in [-0.3, -0.25) is 0 Å². The zero-order valence-corrected chi connectivity index (χ0v) is 11.8. The summed E-state index contributed by atoms with van der Waals surface area (Å²) in [5.74, 6) is -0.880. The van der Waals surface area contributed by atoms with E-state index in [0.29, 0.717) is 16.5 Å². The molecule has 5 heteroatoms. The molecule has 94 valence electrons. The van der Waals surface area contributed by atoms with E-state index in [0.717, 1.165) is 11.4 Å². The van der Waals surface area contributed by atoms with E-state index < -0.39 is 5.97 Å². The van der Waals surface area contributed by atoms with Crippen molar-refractivity contribution >= 4 is 35.2 Å². The third kappa shape index (κ3) is 3.85. The number of carboxylic acids is 1. The van der Waals surface area contributed by atoms with Crippen molar-refractivity contribution in [1.29, 1.82) is 0 Å². The van der Waals surface area contributed by atoms with E-state index in [2.05, 4.69) is 12.2 Å². The summed E-state index contributed by atoms with van der Waals surface area (Å²) in [7, 11) is 0. The van der Waals surface area contributed by atoms with Gasteiger partial charge in [0.05, 0.1) is 5.56 Å². The predicted octanol–water partition coefficient (Wildman–Crippen LogP) is 3.27. The van der Waals surface area contributed by atoms with Gasteiger partial charge in [0, 0.05) is 22.4 Å². The lowest BCUT2D eigenvalue weighted by atomic mass is 10.1. The zero-order valence-electron chi connectivity index (χ0n) is 10.2. The van der Waals surface area contributed by atoms with E-state index in [-0.39, 0.29) is 0 Å².